The smallest absolute Gasteiger partial charge is 0.302 e. The molecule has 0 fully saturated rings. The molecule has 0 bridgehead atoms. The first-order valence-corrected chi connectivity index (χ1v) is 3.70. The average molecular weight is 158 g/mol. The van der Waals surface area contributed by atoms with Crippen LogP contribution in [0.2, 0.25) is 0 Å². The van der Waals surface area contributed by atoms with Crippen molar-refractivity contribution in [3.05, 3.63) is 0 Å². The molecule has 64 valence electrons. The first-order chi connectivity index (χ1) is 5.04. The molecule has 0 spiro atoms. The van der Waals surface area contributed by atoms with Crippen molar-refractivity contribution in [1.29, 1.82) is 0 Å². The third-order valence-corrected chi connectivity index (χ3v) is 1.30. The lowest BCUT2D eigenvalue weighted by Gasteiger charge is -2.03. The van der Waals surface area contributed by atoms with Crippen molar-refractivity contribution in [3.8, 4) is 0 Å². The fraction of sp³-hybridized carbons (Fsp3) is 0.750. The van der Waals surface area contributed by atoms with Gasteiger partial charge in [-0.1, -0.05) is 13.8 Å². The molecule has 0 unspecified atom stereocenters. The highest BCUT2D eigenvalue weighted by Gasteiger charge is 2.06. The van der Waals surface area contributed by atoms with Gasteiger partial charge in [-0.25, -0.2) is 0 Å². The first-order valence-electron chi connectivity index (χ1n) is 3.70. The van der Waals surface area contributed by atoms with Crippen molar-refractivity contribution in [1.82, 2.24) is 0 Å². The summed E-state index contributed by atoms with van der Waals surface area (Å²) >= 11 is 0. The van der Waals surface area contributed by atoms with Crippen molar-refractivity contribution in [2.24, 2.45) is 5.92 Å². The van der Waals surface area contributed by atoms with Crippen LogP contribution in [-0.4, -0.2) is 18.4 Å². The molecule has 0 aromatic heterocycles. The van der Waals surface area contributed by atoms with Gasteiger partial charge < -0.3 is 4.74 Å². The summed E-state index contributed by atoms with van der Waals surface area (Å²) in [6, 6.07) is 0. The van der Waals surface area contributed by atoms with Crippen molar-refractivity contribution in [3.63, 3.8) is 0 Å². The zero-order valence-electron chi connectivity index (χ0n) is 7.22. The Morgan fingerprint density at radius 2 is 1.91 bits per heavy atom. The van der Waals surface area contributed by atoms with Crippen molar-refractivity contribution < 1.29 is 14.3 Å². The molecule has 0 radical (unpaired) electrons. The van der Waals surface area contributed by atoms with E-state index < -0.39 is 0 Å². The summed E-state index contributed by atoms with van der Waals surface area (Å²) in [7, 11) is 0. The number of esters is 1. The van der Waals surface area contributed by atoms with Crippen LogP contribution in [0.25, 0.3) is 0 Å². The predicted molar refractivity (Wildman–Crippen MR) is 41.1 cm³/mol. The minimum absolute atomic E-state index is 0.0329. The van der Waals surface area contributed by atoms with E-state index >= 15 is 0 Å². The van der Waals surface area contributed by atoms with Crippen LogP contribution < -0.4 is 0 Å². The second-order valence-electron chi connectivity index (χ2n) is 2.71. The van der Waals surface area contributed by atoms with E-state index in [0.717, 1.165) is 0 Å². The Balaban J connectivity index is 3.39. The minimum atomic E-state index is -0.332. The van der Waals surface area contributed by atoms with Crippen molar-refractivity contribution >= 4 is 11.8 Å². The Labute approximate surface area is 66.7 Å². The Morgan fingerprint density at radius 1 is 1.36 bits per heavy atom. The van der Waals surface area contributed by atoms with Gasteiger partial charge in [0.25, 0.3) is 0 Å². The molecule has 11 heavy (non-hydrogen) atoms. The number of hydrogen-bond acceptors (Lipinski definition) is 3. The lowest BCUT2D eigenvalue weighted by molar-refractivity contribution is -0.141. The van der Waals surface area contributed by atoms with E-state index in [9.17, 15) is 9.59 Å². The number of ketones is 1. The summed E-state index contributed by atoms with van der Waals surface area (Å²) < 4.78 is 4.60. The van der Waals surface area contributed by atoms with Crippen LogP contribution in [0.1, 0.15) is 27.2 Å². The van der Waals surface area contributed by atoms with E-state index in [2.05, 4.69) is 4.74 Å². The van der Waals surface area contributed by atoms with E-state index in [-0.39, 0.29) is 24.3 Å². The van der Waals surface area contributed by atoms with Crippen LogP contribution in [0.3, 0.4) is 0 Å². The van der Waals surface area contributed by atoms with Gasteiger partial charge in [0.05, 0.1) is 6.61 Å². The average Bonchev–Trinajstić information content (AvgIpc) is 1.86. The number of carbonyl (C=O) groups excluding carboxylic acids is 2. The lowest BCUT2D eigenvalue weighted by Crippen LogP contribution is -2.11. The fourth-order valence-corrected chi connectivity index (χ4v) is 0.584. The van der Waals surface area contributed by atoms with Gasteiger partial charge in [-0.2, -0.15) is 0 Å². The molecular formula is C8H14O3. The van der Waals surface area contributed by atoms with E-state index in [1.165, 1.54) is 6.92 Å². The van der Waals surface area contributed by atoms with Gasteiger partial charge in [0, 0.05) is 19.3 Å². The third-order valence-electron chi connectivity index (χ3n) is 1.30. The quantitative estimate of drug-likeness (QED) is 0.577. The highest BCUT2D eigenvalue weighted by atomic mass is 16.5. The van der Waals surface area contributed by atoms with Gasteiger partial charge in [-0.05, 0) is 0 Å². The number of Topliss-reactive ketones (excluding diaryl/α,β-unsaturated/α-hetero) is 1. The maximum atomic E-state index is 10.9. The summed E-state index contributed by atoms with van der Waals surface area (Å²) in [6.45, 7) is 5.21. The number of rotatable bonds is 4. The van der Waals surface area contributed by atoms with Gasteiger partial charge >= 0.3 is 5.97 Å². The van der Waals surface area contributed by atoms with E-state index in [4.69, 9.17) is 0 Å². The SMILES string of the molecule is CC(=O)OCCC(=O)C(C)C. The maximum Gasteiger partial charge on any atom is 0.302 e. The number of carbonyl (C=O) groups is 2. The third kappa shape index (κ3) is 5.58. The molecule has 0 rings (SSSR count). The Morgan fingerprint density at radius 3 is 2.27 bits per heavy atom. The second kappa shape index (κ2) is 4.88. The molecule has 0 saturated heterocycles. The van der Waals surface area contributed by atoms with Crippen LogP contribution in [0.5, 0.6) is 0 Å². The van der Waals surface area contributed by atoms with Gasteiger partial charge in [-0.3, -0.25) is 9.59 Å². The summed E-state index contributed by atoms with van der Waals surface area (Å²) in [5.74, 6) is -0.168. The summed E-state index contributed by atoms with van der Waals surface area (Å²) in [6.07, 6.45) is 0.331. The van der Waals surface area contributed by atoms with Gasteiger partial charge in [0.2, 0.25) is 0 Å². The molecular weight excluding hydrogens is 144 g/mol. The van der Waals surface area contributed by atoms with Gasteiger partial charge in [0.15, 0.2) is 0 Å². The number of ether oxygens (including phenoxy) is 1. The topological polar surface area (TPSA) is 43.4 Å². The molecule has 3 heteroatoms. The normalized spacial score (nSPS) is 9.82. The van der Waals surface area contributed by atoms with E-state index in [1.54, 1.807) is 0 Å². The molecule has 0 aromatic rings. The molecule has 0 aromatic carbocycles. The summed E-state index contributed by atoms with van der Waals surface area (Å²) in [5.41, 5.74) is 0. The number of hydrogen-bond donors (Lipinski definition) is 0. The standard InChI is InChI=1S/C8H14O3/c1-6(2)8(10)4-5-11-7(3)9/h6H,4-5H2,1-3H3. The van der Waals surface area contributed by atoms with Crippen LogP contribution in [0.4, 0.5) is 0 Å². The summed E-state index contributed by atoms with van der Waals surface area (Å²) in [4.78, 5) is 21.2. The van der Waals surface area contributed by atoms with Crippen molar-refractivity contribution in [2.75, 3.05) is 6.61 Å². The van der Waals surface area contributed by atoms with Crippen LogP contribution in [-0.2, 0) is 14.3 Å². The lowest BCUT2D eigenvalue weighted by atomic mass is 10.1. The zero-order chi connectivity index (χ0) is 8.85. The fourth-order valence-electron chi connectivity index (χ4n) is 0.584. The molecule has 0 aliphatic carbocycles. The highest BCUT2D eigenvalue weighted by Crippen LogP contribution is 1.98. The van der Waals surface area contributed by atoms with Gasteiger partial charge in [0.1, 0.15) is 5.78 Å². The van der Waals surface area contributed by atoms with Crippen LogP contribution in [0, 0.1) is 5.92 Å². The largest absolute Gasteiger partial charge is 0.465 e. The van der Waals surface area contributed by atoms with E-state index in [1.807, 2.05) is 13.8 Å². The zero-order valence-corrected chi connectivity index (χ0v) is 7.22. The van der Waals surface area contributed by atoms with E-state index in [0.29, 0.717) is 6.42 Å². The monoisotopic (exact) mass is 158 g/mol. The highest BCUT2D eigenvalue weighted by molar-refractivity contribution is 5.80. The Kier molecular flexibility index (Phi) is 4.50. The molecule has 0 amide bonds. The molecule has 0 aliphatic heterocycles. The molecule has 3 nitrogen and oxygen atoms in total. The maximum absolute atomic E-state index is 10.9. The van der Waals surface area contributed by atoms with Crippen molar-refractivity contribution in [2.45, 2.75) is 27.2 Å². The molecule has 0 saturated carbocycles. The van der Waals surface area contributed by atoms with Crippen LogP contribution >= 0.6 is 0 Å². The van der Waals surface area contributed by atoms with Crippen LogP contribution in [0.15, 0.2) is 0 Å². The molecule has 0 atom stereocenters. The predicted octanol–water partition coefficient (Wildman–Crippen LogP) is 1.16. The molecule has 0 heterocycles. The first kappa shape index (κ1) is 10.1. The Hall–Kier alpha value is -0.860. The second-order valence-corrected chi connectivity index (χ2v) is 2.71. The van der Waals surface area contributed by atoms with Gasteiger partial charge in [-0.15, -0.1) is 0 Å². The minimum Gasteiger partial charge on any atom is -0.465 e. The Bertz CT molecular complexity index is 149. The molecule has 0 N–H and O–H groups in total. The molecule has 0 aliphatic rings. The summed E-state index contributed by atoms with van der Waals surface area (Å²) in [5, 5.41) is 0.